The van der Waals surface area contributed by atoms with Crippen molar-refractivity contribution in [1.29, 1.82) is 0 Å². The molecule has 9 aromatic carbocycles. The van der Waals surface area contributed by atoms with Crippen molar-refractivity contribution >= 4 is 96.7 Å². The van der Waals surface area contributed by atoms with Gasteiger partial charge in [0, 0.05) is 42.6 Å². The van der Waals surface area contributed by atoms with Crippen LogP contribution in [-0.2, 0) is 0 Å². The van der Waals surface area contributed by atoms with Gasteiger partial charge in [0.15, 0.2) is 5.82 Å². The Balaban J connectivity index is 1.31. The van der Waals surface area contributed by atoms with E-state index < -0.39 is 0 Å². The summed E-state index contributed by atoms with van der Waals surface area (Å²) in [6.07, 6.45) is 0. The number of aromatic nitrogens is 3. The summed E-state index contributed by atoms with van der Waals surface area (Å²) in [5.41, 5.74) is 8.27. The van der Waals surface area contributed by atoms with Crippen molar-refractivity contribution < 1.29 is 0 Å². The zero-order valence-corrected chi connectivity index (χ0v) is 29.8. The zero-order valence-electron chi connectivity index (χ0n) is 29.0. The first-order valence-corrected chi connectivity index (χ1v) is 19.2. The van der Waals surface area contributed by atoms with Crippen LogP contribution in [0, 0.1) is 0 Å². The Hall–Kier alpha value is -6.88. The highest BCUT2D eigenvalue weighted by Gasteiger charge is 2.26. The van der Waals surface area contributed by atoms with E-state index in [-0.39, 0.29) is 0 Å². The van der Waals surface area contributed by atoms with Crippen LogP contribution >= 0.6 is 11.3 Å². The van der Waals surface area contributed by atoms with Gasteiger partial charge in [-0.2, -0.15) is 0 Å². The predicted molar refractivity (Wildman–Crippen MR) is 230 cm³/mol. The second-order valence-electron chi connectivity index (χ2n) is 14.0. The van der Waals surface area contributed by atoms with Crippen LogP contribution in [0.25, 0.3) is 114 Å². The zero-order chi connectivity index (χ0) is 35.3. The molecule has 0 fully saturated rings. The molecule has 3 nitrogen and oxygen atoms in total. The van der Waals surface area contributed by atoms with Crippen molar-refractivity contribution in [3.05, 3.63) is 176 Å². The Morgan fingerprint density at radius 1 is 0.370 bits per heavy atom. The van der Waals surface area contributed by atoms with Crippen LogP contribution in [0.2, 0.25) is 0 Å². The minimum Gasteiger partial charge on any atom is -0.290 e. The Morgan fingerprint density at radius 3 is 1.61 bits per heavy atom. The van der Waals surface area contributed by atoms with E-state index in [1.165, 1.54) is 79.9 Å². The summed E-state index contributed by atoms with van der Waals surface area (Å²) in [5, 5.41) is 12.7. The summed E-state index contributed by atoms with van der Waals surface area (Å²) in [5.74, 6) is 0.829. The maximum atomic E-state index is 5.53. The van der Waals surface area contributed by atoms with Gasteiger partial charge in [0.1, 0.15) is 5.69 Å². The summed E-state index contributed by atoms with van der Waals surface area (Å²) < 4.78 is 4.96. The Morgan fingerprint density at radius 2 is 0.889 bits per heavy atom. The molecule has 4 heteroatoms. The highest BCUT2D eigenvalue weighted by Crippen LogP contribution is 2.52. The van der Waals surface area contributed by atoms with Crippen LogP contribution in [0.3, 0.4) is 0 Å². The smallest absolute Gasteiger partial charge is 0.165 e. The van der Waals surface area contributed by atoms with Gasteiger partial charge in [-0.3, -0.25) is 4.57 Å². The molecule has 3 heterocycles. The van der Waals surface area contributed by atoms with Crippen LogP contribution in [-0.4, -0.2) is 14.5 Å². The lowest BCUT2D eigenvalue weighted by Crippen LogP contribution is -2.04. The van der Waals surface area contributed by atoms with E-state index in [0.717, 1.165) is 33.6 Å². The fraction of sp³-hybridized carbons (Fsp3) is 0. The van der Waals surface area contributed by atoms with E-state index in [0.29, 0.717) is 0 Å². The van der Waals surface area contributed by atoms with Crippen LogP contribution in [0.5, 0.6) is 0 Å². The summed E-state index contributed by atoms with van der Waals surface area (Å²) in [6, 6.07) is 63.2. The highest BCUT2D eigenvalue weighted by atomic mass is 32.1. The summed E-state index contributed by atoms with van der Waals surface area (Å²) in [4.78, 5) is 10.9. The van der Waals surface area contributed by atoms with Crippen molar-refractivity contribution in [1.82, 2.24) is 14.5 Å². The molecule has 12 aromatic rings. The third-order valence-electron chi connectivity index (χ3n) is 11.1. The molecule has 0 N–H and O–H groups in total. The van der Waals surface area contributed by atoms with E-state index in [9.17, 15) is 0 Å². The molecule has 0 saturated heterocycles. The van der Waals surface area contributed by atoms with Crippen molar-refractivity contribution in [2.24, 2.45) is 0 Å². The first kappa shape index (κ1) is 29.7. The summed E-state index contributed by atoms with van der Waals surface area (Å²) in [7, 11) is 0. The molecule has 0 bridgehead atoms. The molecule has 0 unspecified atom stereocenters. The number of thiophene rings is 1. The first-order chi connectivity index (χ1) is 26.8. The monoisotopic (exact) mass is 703 g/mol. The van der Waals surface area contributed by atoms with E-state index in [2.05, 4.69) is 174 Å². The number of para-hydroxylation sites is 3. The fourth-order valence-corrected chi connectivity index (χ4v) is 10.1. The third-order valence-corrected chi connectivity index (χ3v) is 12.3. The van der Waals surface area contributed by atoms with Gasteiger partial charge in [-0.05, 0) is 56.9 Å². The largest absolute Gasteiger partial charge is 0.290 e. The first-order valence-electron chi connectivity index (χ1n) is 18.3. The molecule has 0 atom stereocenters. The fourth-order valence-electron chi connectivity index (χ4n) is 8.84. The molecular formula is C50H29N3S. The highest BCUT2D eigenvalue weighted by molar-refractivity contribution is 7.27. The van der Waals surface area contributed by atoms with Crippen molar-refractivity contribution in [2.45, 2.75) is 0 Å². The number of fused-ring (bicyclic) bond motifs is 16. The number of benzene rings is 9. The number of nitrogens with zero attached hydrogens (tertiary/aromatic N) is 3. The van der Waals surface area contributed by atoms with Crippen molar-refractivity contribution in [3.8, 4) is 28.2 Å². The minimum atomic E-state index is 0.829. The quantitative estimate of drug-likeness (QED) is 0.172. The summed E-state index contributed by atoms with van der Waals surface area (Å²) in [6.45, 7) is 0. The molecule has 0 aliphatic carbocycles. The van der Waals surface area contributed by atoms with Gasteiger partial charge in [0.05, 0.1) is 26.8 Å². The predicted octanol–water partition coefficient (Wildman–Crippen LogP) is 13.9. The van der Waals surface area contributed by atoms with Gasteiger partial charge in [0.2, 0.25) is 0 Å². The van der Waals surface area contributed by atoms with Gasteiger partial charge in [-0.25, -0.2) is 9.97 Å². The second kappa shape index (κ2) is 11.3. The SMILES string of the molecule is c1ccc(-c2ccc(-c3nc4ccccc4nc3-n3c4ccccc4c4c5c6ccccc6c6ccccc6c5c5c6ccccc6sc5c43)cc2)cc1. The average molecular weight is 704 g/mol. The Labute approximate surface area is 314 Å². The van der Waals surface area contributed by atoms with Crippen molar-refractivity contribution in [2.75, 3.05) is 0 Å². The van der Waals surface area contributed by atoms with Crippen LogP contribution in [0.4, 0.5) is 0 Å². The van der Waals surface area contributed by atoms with Gasteiger partial charge in [0.25, 0.3) is 0 Å². The van der Waals surface area contributed by atoms with Crippen LogP contribution < -0.4 is 0 Å². The average Bonchev–Trinajstić information content (AvgIpc) is 3.80. The Bertz CT molecular complexity index is 3490. The second-order valence-corrected chi connectivity index (χ2v) is 15.1. The molecule has 250 valence electrons. The van der Waals surface area contributed by atoms with E-state index >= 15 is 0 Å². The number of rotatable bonds is 3. The number of hydrogen-bond donors (Lipinski definition) is 0. The van der Waals surface area contributed by atoms with Crippen molar-refractivity contribution in [3.63, 3.8) is 0 Å². The molecule has 3 aromatic heterocycles. The lowest BCUT2D eigenvalue weighted by molar-refractivity contribution is 1.08. The van der Waals surface area contributed by atoms with Crippen LogP contribution in [0.1, 0.15) is 0 Å². The maximum Gasteiger partial charge on any atom is 0.165 e. The maximum absolute atomic E-state index is 5.53. The number of hydrogen-bond acceptors (Lipinski definition) is 3. The molecule has 0 saturated carbocycles. The van der Waals surface area contributed by atoms with Gasteiger partial charge in [-0.15, -0.1) is 11.3 Å². The normalized spacial score (nSPS) is 12.1. The lowest BCUT2D eigenvalue weighted by atomic mass is 9.89. The van der Waals surface area contributed by atoms with Gasteiger partial charge < -0.3 is 0 Å². The van der Waals surface area contributed by atoms with E-state index in [4.69, 9.17) is 9.97 Å². The van der Waals surface area contributed by atoms with Gasteiger partial charge >= 0.3 is 0 Å². The lowest BCUT2D eigenvalue weighted by Gasteiger charge is -2.16. The molecule has 0 spiro atoms. The molecule has 0 aliphatic heterocycles. The molecule has 12 rings (SSSR count). The van der Waals surface area contributed by atoms with E-state index in [1.807, 2.05) is 17.4 Å². The molecule has 0 aliphatic rings. The van der Waals surface area contributed by atoms with Gasteiger partial charge in [-0.1, -0.05) is 152 Å². The van der Waals surface area contributed by atoms with Crippen LogP contribution in [0.15, 0.2) is 176 Å². The molecule has 0 radical (unpaired) electrons. The van der Waals surface area contributed by atoms with E-state index in [1.54, 1.807) is 0 Å². The minimum absolute atomic E-state index is 0.829. The topological polar surface area (TPSA) is 30.7 Å². The summed E-state index contributed by atoms with van der Waals surface area (Å²) >= 11 is 1.88. The molecular weight excluding hydrogens is 675 g/mol. The Kier molecular flexibility index (Phi) is 6.21. The molecule has 54 heavy (non-hydrogen) atoms. The third kappa shape index (κ3) is 4.11. The standard InChI is InChI=1S/C50H29N3S/c1-2-14-30(15-3-1)31-26-28-32(29-27-31)47-50(52-40-23-11-10-22-39(40)51-47)53-41-24-12-8-20-37(41)45-43-35-18-6-4-16-33(35)34-17-5-7-19-36(34)44(43)46-38-21-9-13-25-42(38)54-49(46)48(45)53/h1-29H. The molecule has 0 amide bonds.